The molecule has 0 saturated heterocycles. The Morgan fingerprint density at radius 1 is 0.947 bits per heavy atom. The van der Waals surface area contributed by atoms with E-state index < -0.39 is 8.25 Å². The average Bonchev–Trinajstić information content (AvgIpc) is 2.26. The molecule has 0 aromatic heterocycles. The fourth-order valence-electron chi connectivity index (χ4n) is 2.56. The molecule has 0 radical (unpaired) electrons. The second-order valence-electron chi connectivity index (χ2n) is 5.81. The largest absolute Gasteiger partial charge is 0.426 e. The third kappa shape index (κ3) is 3.84. The highest BCUT2D eigenvalue weighted by molar-refractivity contribution is 7.32. The first-order valence-corrected chi connectivity index (χ1v) is 8.09. The van der Waals surface area contributed by atoms with Crippen LogP contribution in [-0.4, -0.2) is 4.89 Å². The summed E-state index contributed by atoms with van der Waals surface area (Å²) in [4.78, 5) is 9.04. The van der Waals surface area contributed by atoms with Crippen LogP contribution in [0, 0.1) is 0 Å². The quantitative estimate of drug-likeness (QED) is 0.789. The molecule has 1 rings (SSSR count). The highest BCUT2D eigenvalue weighted by Crippen LogP contribution is 2.41. The molecule has 0 heterocycles. The summed E-state index contributed by atoms with van der Waals surface area (Å²) >= 11 is 0. The van der Waals surface area contributed by atoms with Crippen LogP contribution in [0.25, 0.3) is 0 Å². The number of hydrogen-bond acceptors (Lipinski definition) is 2. The normalized spacial score (nSPS) is 13.4. The van der Waals surface area contributed by atoms with E-state index >= 15 is 0 Å². The molecule has 0 aliphatic rings. The maximum absolute atomic E-state index is 11.0. The maximum atomic E-state index is 11.0. The van der Waals surface area contributed by atoms with E-state index in [0.717, 1.165) is 5.56 Å². The standard InChI is InChI=1S/C15H25O3P/c1-9(2)12-7-8-13(18-19(16)17)15(11(5)6)14(12)10(3)4/h7-11,19H,1-6H3,(H,16,17). The lowest BCUT2D eigenvalue weighted by Crippen LogP contribution is -2.07. The molecule has 0 amide bonds. The van der Waals surface area contributed by atoms with Gasteiger partial charge in [0, 0.05) is 5.56 Å². The predicted octanol–water partition coefficient (Wildman–Crippen LogP) is 4.82. The second kappa shape index (κ2) is 6.58. The zero-order valence-corrected chi connectivity index (χ0v) is 13.7. The summed E-state index contributed by atoms with van der Waals surface area (Å²) in [6.45, 7) is 12.8. The van der Waals surface area contributed by atoms with Crippen LogP contribution < -0.4 is 4.52 Å². The van der Waals surface area contributed by atoms with Crippen LogP contribution in [0.4, 0.5) is 0 Å². The molecule has 3 nitrogen and oxygen atoms in total. The molecule has 0 saturated carbocycles. The van der Waals surface area contributed by atoms with Crippen molar-refractivity contribution in [2.45, 2.75) is 59.3 Å². The van der Waals surface area contributed by atoms with E-state index in [9.17, 15) is 4.57 Å². The molecule has 108 valence electrons. The van der Waals surface area contributed by atoms with Crippen molar-refractivity contribution in [3.8, 4) is 5.75 Å². The van der Waals surface area contributed by atoms with Gasteiger partial charge in [-0.15, -0.1) is 0 Å². The van der Waals surface area contributed by atoms with E-state index in [1.807, 2.05) is 12.1 Å². The minimum Gasteiger partial charge on any atom is -0.426 e. The van der Waals surface area contributed by atoms with E-state index in [4.69, 9.17) is 9.42 Å². The van der Waals surface area contributed by atoms with E-state index in [2.05, 4.69) is 41.5 Å². The van der Waals surface area contributed by atoms with Gasteiger partial charge >= 0.3 is 8.25 Å². The highest BCUT2D eigenvalue weighted by Gasteiger charge is 2.21. The van der Waals surface area contributed by atoms with Gasteiger partial charge in [0.1, 0.15) is 5.75 Å². The fourth-order valence-corrected chi connectivity index (χ4v) is 2.93. The van der Waals surface area contributed by atoms with Crippen molar-refractivity contribution in [3.05, 3.63) is 28.8 Å². The fraction of sp³-hybridized carbons (Fsp3) is 0.600. The van der Waals surface area contributed by atoms with Gasteiger partial charge in [-0.25, -0.2) is 4.57 Å². The first-order valence-electron chi connectivity index (χ1n) is 6.83. The topological polar surface area (TPSA) is 46.5 Å². The Labute approximate surface area is 117 Å². The Kier molecular flexibility index (Phi) is 5.64. The van der Waals surface area contributed by atoms with Crippen molar-refractivity contribution in [2.75, 3.05) is 0 Å². The van der Waals surface area contributed by atoms with Crippen LogP contribution >= 0.6 is 8.25 Å². The van der Waals surface area contributed by atoms with Crippen LogP contribution in [0.5, 0.6) is 5.75 Å². The Hall–Kier alpha value is -0.790. The SMILES string of the molecule is CC(C)c1ccc(O[PH](=O)O)c(C(C)C)c1C(C)C. The van der Waals surface area contributed by atoms with Crippen molar-refractivity contribution in [1.29, 1.82) is 0 Å². The number of hydrogen-bond donors (Lipinski definition) is 1. The Balaban J connectivity index is 3.53. The average molecular weight is 284 g/mol. The van der Waals surface area contributed by atoms with Crippen molar-refractivity contribution in [2.24, 2.45) is 0 Å². The number of benzene rings is 1. The Morgan fingerprint density at radius 3 is 1.84 bits per heavy atom. The van der Waals surface area contributed by atoms with Crippen LogP contribution in [0.3, 0.4) is 0 Å². The van der Waals surface area contributed by atoms with Gasteiger partial charge in [0.2, 0.25) is 0 Å². The van der Waals surface area contributed by atoms with Crippen LogP contribution in [-0.2, 0) is 4.57 Å². The molecule has 0 aliphatic carbocycles. The summed E-state index contributed by atoms with van der Waals surface area (Å²) in [5, 5.41) is 0. The zero-order chi connectivity index (χ0) is 14.7. The first kappa shape index (κ1) is 16.3. The Bertz CT molecular complexity index is 465. The van der Waals surface area contributed by atoms with Crippen molar-refractivity contribution in [1.82, 2.24) is 0 Å². The third-order valence-electron chi connectivity index (χ3n) is 3.25. The van der Waals surface area contributed by atoms with Gasteiger partial charge in [-0.2, -0.15) is 0 Å². The minimum absolute atomic E-state index is 0.257. The van der Waals surface area contributed by atoms with E-state index in [-0.39, 0.29) is 5.92 Å². The molecule has 0 bridgehead atoms. The lowest BCUT2D eigenvalue weighted by molar-refractivity contribution is 0.407. The lowest BCUT2D eigenvalue weighted by atomic mass is 9.83. The summed E-state index contributed by atoms with van der Waals surface area (Å²) in [6.07, 6.45) is 0. The molecule has 0 fully saturated rings. The molecule has 0 spiro atoms. The van der Waals surface area contributed by atoms with Gasteiger partial charge in [-0.1, -0.05) is 47.6 Å². The summed E-state index contributed by atoms with van der Waals surface area (Å²) in [6, 6.07) is 3.85. The van der Waals surface area contributed by atoms with Crippen molar-refractivity contribution in [3.63, 3.8) is 0 Å². The zero-order valence-electron chi connectivity index (χ0n) is 12.7. The van der Waals surface area contributed by atoms with Crippen molar-refractivity contribution >= 4 is 8.25 Å². The van der Waals surface area contributed by atoms with E-state index in [1.54, 1.807) is 0 Å². The van der Waals surface area contributed by atoms with Crippen LogP contribution in [0.15, 0.2) is 12.1 Å². The number of rotatable bonds is 5. The van der Waals surface area contributed by atoms with Gasteiger partial charge in [0.15, 0.2) is 0 Å². The molecular formula is C15H25O3P. The van der Waals surface area contributed by atoms with Crippen LogP contribution in [0.1, 0.15) is 76.0 Å². The third-order valence-corrected chi connectivity index (χ3v) is 3.65. The van der Waals surface area contributed by atoms with Crippen LogP contribution in [0.2, 0.25) is 0 Å². The maximum Gasteiger partial charge on any atom is 0.365 e. The molecule has 19 heavy (non-hydrogen) atoms. The van der Waals surface area contributed by atoms with Crippen molar-refractivity contribution < 1.29 is 14.0 Å². The molecule has 1 aromatic carbocycles. The molecular weight excluding hydrogens is 259 g/mol. The summed E-state index contributed by atoms with van der Waals surface area (Å²) < 4.78 is 16.1. The summed E-state index contributed by atoms with van der Waals surface area (Å²) in [5.41, 5.74) is 3.61. The molecule has 1 atom stereocenters. The van der Waals surface area contributed by atoms with Gasteiger partial charge < -0.3 is 9.42 Å². The summed E-state index contributed by atoms with van der Waals surface area (Å²) in [7, 11) is -2.97. The first-order chi connectivity index (χ1) is 8.75. The second-order valence-corrected chi connectivity index (χ2v) is 6.55. The van der Waals surface area contributed by atoms with E-state index in [0.29, 0.717) is 17.6 Å². The highest BCUT2D eigenvalue weighted by atomic mass is 31.1. The van der Waals surface area contributed by atoms with Gasteiger partial charge in [-0.05, 0) is 34.9 Å². The van der Waals surface area contributed by atoms with Gasteiger partial charge in [0.25, 0.3) is 0 Å². The predicted molar refractivity (Wildman–Crippen MR) is 80.6 cm³/mol. The van der Waals surface area contributed by atoms with E-state index in [1.165, 1.54) is 11.1 Å². The monoisotopic (exact) mass is 284 g/mol. The van der Waals surface area contributed by atoms with Gasteiger partial charge in [-0.3, -0.25) is 0 Å². The molecule has 1 unspecified atom stereocenters. The lowest BCUT2D eigenvalue weighted by Gasteiger charge is -2.24. The molecule has 4 heteroatoms. The minimum atomic E-state index is -2.97. The van der Waals surface area contributed by atoms with Gasteiger partial charge in [0.05, 0.1) is 0 Å². The summed E-state index contributed by atoms with van der Waals surface area (Å²) in [5.74, 6) is 1.59. The molecule has 1 aromatic rings. The molecule has 1 N–H and O–H groups in total. The smallest absolute Gasteiger partial charge is 0.365 e. The Morgan fingerprint density at radius 2 is 1.47 bits per heavy atom. The molecule has 0 aliphatic heterocycles.